The van der Waals surface area contributed by atoms with Gasteiger partial charge in [-0.2, -0.15) is 5.26 Å². The Morgan fingerprint density at radius 2 is 2.18 bits per heavy atom. The van der Waals surface area contributed by atoms with Crippen molar-refractivity contribution in [3.8, 4) is 6.07 Å². The number of aromatic nitrogens is 1. The number of pyridine rings is 1. The number of amides is 1. The number of nitrogens with one attached hydrogen (secondary N) is 2. The highest BCUT2D eigenvalue weighted by Crippen LogP contribution is 2.29. The predicted molar refractivity (Wildman–Crippen MR) is 61.3 cm³/mol. The Balaban J connectivity index is 2.17. The van der Waals surface area contributed by atoms with Crippen LogP contribution < -0.4 is 10.9 Å². The van der Waals surface area contributed by atoms with Crippen molar-refractivity contribution in [2.24, 2.45) is 0 Å². The number of carbonyl (C=O) groups excluding carboxylic acids is 1. The molecule has 0 radical (unpaired) electrons. The summed E-state index contributed by atoms with van der Waals surface area (Å²) in [6.07, 6.45) is 4.67. The van der Waals surface area contributed by atoms with Gasteiger partial charge in [0.15, 0.2) is 0 Å². The molecule has 0 spiro atoms. The van der Waals surface area contributed by atoms with Crippen molar-refractivity contribution < 1.29 is 4.79 Å². The Hall–Kier alpha value is -2.09. The summed E-state index contributed by atoms with van der Waals surface area (Å²) in [6.45, 7) is 0. The molecule has 1 saturated carbocycles. The highest BCUT2D eigenvalue weighted by Gasteiger charge is 2.35. The van der Waals surface area contributed by atoms with Crippen LogP contribution in [0.1, 0.15) is 36.0 Å². The molecule has 5 nitrogen and oxygen atoms in total. The monoisotopic (exact) mass is 231 g/mol. The van der Waals surface area contributed by atoms with Crippen LogP contribution in [0.25, 0.3) is 0 Å². The van der Waals surface area contributed by atoms with E-state index in [9.17, 15) is 9.59 Å². The van der Waals surface area contributed by atoms with Crippen molar-refractivity contribution in [2.75, 3.05) is 0 Å². The molecular formula is C12H13N3O2. The number of aromatic amines is 1. The van der Waals surface area contributed by atoms with Crippen LogP contribution in [0, 0.1) is 11.3 Å². The molecule has 1 fully saturated rings. The zero-order chi connectivity index (χ0) is 12.3. The average molecular weight is 231 g/mol. The third kappa shape index (κ3) is 2.36. The van der Waals surface area contributed by atoms with E-state index in [0.717, 1.165) is 12.8 Å². The first kappa shape index (κ1) is 11.4. The van der Waals surface area contributed by atoms with Gasteiger partial charge in [0.05, 0.1) is 6.07 Å². The molecule has 2 N–H and O–H groups in total. The van der Waals surface area contributed by atoms with Crippen LogP contribution in [0.2, 0.25) is 0 Å². The van der Waals surface area contributed by atoms with E-state index in [1.165, 1.54) is 18.3 Å². The summed E-state index contributed by atoms with van der Waals surface area (Å²) in [5, 5.41) is 11.9. The SMILES string of the molecule is N#CC1(NC(=O)c2cc[nH]c(=O)c2)CCCC1. The second-order valence-electron chi connectivity index (χ2n) is 4.30. The maximum atomic E-state index is 11.9. The van der Waals surface area contributed by atoms with Gasteiger partial charge < -0.3 is 10.3 Å². The highest BCUT2D eigenvalue weighted by molar-refractivity contribution is 5.94. The number of hydrogen-bond donors (Lipinski definition) is 2. The van der Waals surface area contributed by atoms with Crippen LogP contribution in [0.4, 0.5) is 0 Å². The van der Waals surface area contributed by atoms with Crippen LogP contribution >= 0.6 is 0 Å². The van der Waals surface area contributed by atoms with Gasteiger partial charge in [-0.15, -0.1) is 0 Å². The minimum absolute atomic E-state index is 0.287. The predicted octanol–water partition coefficient (Wildman–Crippen LogP) is 0.941. The summed E-state index contributed by atoms with van der Waals surface area (Å²) in [4.78, 5) is 25.4. The van der Waals surface area contributed by atoms with Gasteiger partial charge in [0.1, 0.15) is 5.54 Å². The topological polar surface area (TPSA) is 85.8 Å². The number of rotatable bonds is 2. The van der Waals surface area contributed by atoms with E-state index in [4.69, 9.17) is 5.26 Å². The number of nitriles is 1. The molecule has 0 unspecified atom stereocenters. The van der Waals surface area contributed by atoms with Gasteiger partial charge in [-0.05, 0) is 31.7 Å². The third-order valence-electron chi connectivity index (χ3n) is 3.06. The minimum Gasteiger partial charge on any atom is -0.334 e. The average Bonchev–Trinajstić information content (AvgIpc) is 2.78. The Morgan fingerprint density at radius 3 is 2.76 bits per heavy atom. The summed E-state index contributed by atoms with van der Waals surface area (Å²) < 4.78 is 0. The molecule has 2 rings (SSSR count). The second kappa shape index (κ2) is 4.42. The normalized spacial score (nSPS) is 17.4. The summed E-state index contributed by atoms with van der Waals surface area (Å²) >= 11 is 0. The fraction of sp³-hybridized carbons (Fsp3) is 0.417. The van der Waals surface area contributed by atoms with Crippen LogP contribution in [-0.2, 0) is 0 Å². The molecule has 0 bridgehead atoms. The maximum Gasteiger partial charge on any atom is 0.252 e. The molecule has 0 saturated heterocycles. The van der Waals surface area contributed by atoms with Crippen LogP contribution in [-0.4, -0.2) is 16.4 Å². The smallest absolute Gasteiger partial charge is 0.252 e. The fourth-order valence-electron chi connectivity index (χ4n) is 2.12. The first-order chi connectivity index (χ1) is 8.15. The van der Waals surface area contributed by atoms with Crippen LogP contribution in [0.5, 0.6) is 0 Å². The van der Waals surface area contributed by atoms with Gasteiger partial charge >= 0.3 is 0 Å². The van der Waals surface area contributed by atoms with Crippen LogP contribution in [0.3, 0.4) is 0 Å². The Labute approximate surface area is 98.5 Å². The Kier molecular flexibility index (Phi) is 2.96. The molecular weight excluding hydrogens is 218 g/mol. The van der Waals surface area contributed by atoms with E-state index >= 15 is 0 Å². The van der Waals surface area contributed by atoms with Gasteiger partial charge in [0.2, 0.25) is 5.56 Å². The quantitative estimate of drug-likeness (QED) is 0.794. The lowest BCUT2D eigenvalue weighted by Crippen LogP contribution is -2.45. The van der Waals surface area contributed by atoms with E-state index in [1.54, 1.807) is 0 Å². The first-order valence-corrected chi connectivity index (χ1v) is 5.58. The van der Waals surface area contributed by atoms with Gasteiger partial charge in [-0.3, -0.25) is 9.59 Å². The molecule has 88 valence electrons. The summed E-state index contributed by atoms with van der Waals surface area (Å²) in [6, 6.07) is 4.93. The summed E-state index contributed by atoms with van der Waals surface area (Å²) in [5.74, 6) is -0.362. The lowest BCUT2D eigenvalue weighted by molar-refractivity contribution is 0.0920. The van der Waals surface area contributed by atoms with E-state index in [0.29, 0.717) is 12.8 Å². The zero-order valence-electron chi connectivity index (χ0n) is 9.32. The van der Waals surface area contributed by atoms with Gasteiger partial charge in [0, 0.05) is 17.8 Å². The van der Waals surface area contributed by atoms with E-state index < -0.39 is 5.54 Å². The fourth-order valence-corrected chi connectivity index (χ4v) is 2.12. The second-order valence-corrected chi connectivity index (χ2v) is 4.30. The van der Waals surface area contributed by atoms with Gasteiger partial charge in [-0.25, -0.2) is 0 Å². The lowest BCUT2D eigenvalue weighted by atomic mass is 9.99. The van der Waals surface area contributed by atoms with Crippen LogP contribution in [0.15, 0.2) is 23.1 Å². The van der Waals surface area contributed by atoms with E-state index in [-0.39, 0.29) is 17.0 Å². The van der Waals surface area contributed by atoms with Crippen molar-refractivity contribution in [1.82, 2.24) is 10.3 Å². The molecule has 1 heterocycles. The molecule has 0 aliphatic heterocycles. The van der Waals surface area contributed by atoms with Crippen molar-refractivity contribution in [1.29, 1.82) is 5.26 Å². The van der Waals surface area contributed by atoms with E-state index in [1.807, 2.05) is 0 Å². The highest BCUT2D eigenvalue weighted by atomic mass is 16.2. The van der Waals surface area contributed by atoms with Crippen molar-refractivity contribution in [3.63, 3.8) is 0 Å². The number of hydrogen-bond acceptors (Lipinski definition) is 3. The zero-order valence-corrected chi connectivity index (χ0v) is 9.32. The summed E-state index contributed by atoms with van der Waals surface area (Å²) in [7, 11) is 0. The lowest BCUT2D eigenvalue weighted by Gasteiger charge is -2.21. The molecule has 1 aromatic heterocycles. The molecule has 0 atom stereocenters. The number of carbonyl (C=O) groups is 1. The molecule has 17 heavy (non-hydrogen) atoms. The molecule has 1 aliphatic rings. The van der Waals surface area contributed by atoms with Gasteiger partial charge in [-0.1, -0.05) is 0 Å². The standard InChI is InChI=1S/C12H13N3O2/c13-8-12(4-1-2-5-12)15-11(17)9-3-6-14-10(16)7-9/h3,6-7H,1-2,4-5H2,(H,14,16)(H,15,17). The van der Waals surface area contributed by atoms with Crippen molar-refractivity contribution >= 4 is 5.91 Å². The first-order valence-electron chi connectivity index (χ1n) is 5.58. The van der Waals surface area contributed by atoms with Crippen molar-refractivity contribution in [3.05, 3.63) is 34.2 Å². The van der Waals surface area contributed by atoms with Gasteiger partial charge in [0.25, 0.3) is 5.91 Å². The molecule has 1 aromatic rings. The number of H-pyrrole nitrogens is 1. The minimum atomic E-state index is -0.750. The molecule has 1 aliphatic carbocycles. The Morgan fingerprint density at radius 1 is 1.47 bits per heavy atom. The largest absolute Gasteiger partial charge is 0.334 e. The number of nitrogens with zero attached hydrogens (tertiary/aromatic N) is 1. The van der Waals surface area contributed by atoms with Crippen molar-refractivity contribution in [2.45, 2.75) is 31.2 Å². The maximum absolute atomic E-state index is 11.9. The summed E-state index contributed by atoms with van der Waals surface area (Å²) in [5.41, 5.74) is -0.787. The molecule has 0 aromatic carbocycles. The Bertz CT molecular complexity index is 521. The molecule has 1 amide bonds. The third-order valence-corrected chi connectivity index (χ3v) is 3.06. The molecule has 5 heteroatoms. The van der Waals surface area contributed by atoms with E-state index in [2.05, 4.69) is 16.4 Å².